The van der Waals surface area contributed by atoms with Gasteiger partial charge in [-0.1, -0.05) is 30.3 Å². The van der Waals surface area contributed by atoms with Crippen molar-refractivity contribution in [3.05, 3.63) is 66.2 Å². The molecule has 158 valence electrons. The number of amides is 1. The predicted octanol–water partition coefficient (Wildman–Crippen LogP) is 2.07. The van der Waals surface area contributed by atoms with Gasteiger partial charge in [0.25, 0.3) is 5.91 Å². The molecule has 0 aliphatic heterocycles. The maximum atomic E-state index is 12.2. The van der Waals surface area contributed by atoms with E-state index in [0.717, 1.165) is 22.6 Å². The first-order chi connectivity index (χ1) is 14.6. The molecule has 6 heteroatoms. The van der Waals surface area contributed by atoms with E-state index in [2.05, 4.69) is 29.6 Å². The summed E-state index contributed by atoms with van der Waals surface area (Å²) >= 11 is 0. The van der Waals surface area contributed by atoms with Gasteiger partial charge in [0.05, 0.1) is 27.8 Å². The Balaban J connectivity index is 1.43. The van der Waals surface area contributed by atoms with Crippen molar-refractivity contribution in [1.82, 2.24) is 5.32 Å². The zero-order chi connectivity index (χ0) is 21.3. The summed E-state index contributed by atoms with van der Waals surface area (Å²) in [6.45, 7) is 2.00. The quantitative estimate of drug-likeness (QED) is 0.504. The smallest absolute Gasteiger partial charge is 0.275 e. The lowest BCUT2D eigenvalue weighted by Gasteiger charge is -2.15. The molecule has 3 aromatic rings. The van der Waals surface area contributed by atoms with Crippen molar-refractivity contribution in [3.8, 4) is 17.2 Å². The molecule has 0 aromatic heterocycles. The van der Waals surface area contributed by atoms with Crippen LogP contribution in [0.4, 0.5) is 0 Å². The van der Waals surface area contributed by atoms with Gasteiger partial charge in [-0.05, 0) is 41.1 Å². The molecule has 3 aromatic carbocycles. The van der Waals surface area contributed by atoms with Crippen LogP contribution in [0.1, 0.15) is 5.56 Å². The fraction of sp³-hybridized carbons (Fsp3) is 0.292. The number of likely N-dealkylation sites (N-methyl/N-ethyl adjacent to an activating group) is 1. The highest BCUT2D eigenvalue weighted by Crippen LogP contribution is 2.25. The van der Waals surface area contributed by atoms with Crippen LogP contribution in [0.5, 0.6) is 17.2 Å². The Hall–Kier alpha value is -3.25. The second kappa shape index (κ2) is 10.5. The van der Waals surface area contributed by atoms with E-state index in [1.165, 1.54) is 10.9 Å². The van der Waals surface area contributed by atoms with Crippen molar-refractivity contribution < 1.29 is 23.9 Å². The van der Waals surface area contributed by atoms with E-state index in [1.807, 2.05) is 43.4 Å². The summed E-state index contributed by atoms with van der Waals surface area (Å²) < 4.78 is 16.2. The molecule has 0 fully saturated rings. The number of nitrogens with one attached hydrogen (secondary N) is 2. The molecule has 0 heterocycles. The fourth-order valence-corrected chi connectivity index (χ4v) is 3.35. The summed E-state index contributed by atoms with van der Waals surface area (Å²) in [7, 11) is 5.29. The van der Waals surface area contributed by atoms with Gasteiger partial charge in [-0.15, -0.1) is 0 Å². The molecule has 1 unspecified atom stereocenters. The molecule has 0 saturated carbocycles. The maximum Gasteiger partial charge on any atom is 0.275 e. The van der Waals surface area contributed by atoms with E-state index >= 15 is 0 Å². The summed E-state index contributed by atoms with van der Waals surface area (Å²) in [4.78, 5) is 13.4. The molecule has 1 atom stereocenters. The highest BCUT2D eigenvalue weighted by molar-refractivity contribution is 5.84. The minimum Gasteiger partial charge on any atom is -0.497 e. The molecule has 2 N–H and O–H groups in total. The van der Waals surface area contributed by atoms with Crippen molar-refractivity contribution in [2.75, 3.05) is 41.0 Å². The van der Waals surface area contributed by atoms with E-state index in [4.69, 9.17) is 14.2 Å². The van der Waals surface area contributed by atoms with Gasteiger partial charge in [-0.2, -0.15) is 0 Å². The van der Waals surface area contributed by atoms with Gasteiger partial charge >= 0.3 is 0 Å². The van der Waals surface area contributed by atoms with Crippen LogP contribution < -0.4 is 24.4 Å². The average molecular weight is 410 g/mol. The summed E-state index contributed by atoms with van der Waals surface area (Å²) in [6.07, 6.45) is 0. The summed E-state index contributed by atoms with van der Waals surface area (Å²) in [5.41, 5.74) is 1.19. The van der Waals surface area contributed by atoms with Crippen LogP contribution in [0.2, 0.25) is 0 Å². The first-order valence-electron chi connectivity index (χ1n) is 9.99. The van der Waals surface area contributed by atoms with Crippen molar-refractivity contribution in [1.29, 1.82) is 0 Å². The van der Waals surface area contributed by atoms with Gasteiger partial charge in [0.1, 0.15) is 18.9 Å². The number of methoxy groups -OCH3 is 2. The van der Waals surface area contributed by atoms with E-state index in [0.29, 0.717) is 31.2 Å². The first kappa shape index (κ1) is 21.5. The first-order valence-corrected chi connectivity index (χ1v) is 9.99. The Morgan fingerprint density at radius 2 is 1.67 bits per heavy atom. The van der Waals surface area contributed by atoms with Crippen molar-refractivity contribution >= 4 is 16.7 Å². The number of fused-ring (bicyclic) bond motifs is 1. The molecule has 0 aliphatic rings. The topological polar surface area (TPSA) is 61.2 Å². The van der Waals surface area contributed by atoms with Crippen molar-refractivity contribution in [2.45, 2.75) is 6.54 Å². The molecule has 1 amide bonds. The Morgan fingerprint density at radius 3 is 2.43 bits per heavy atom. The SMILES string of the molecule is COc1ccc2cc(C[NH+](C)CC(=O)NCCOc3ccccc3OC)ccc2c1. The molecule has 0 radical (unpaired) electrons. The standard InChI is InChI=1S/C24H28N2O4/c1-26(16-18-8-9-20-15-21(28-2)11-10-19(20)14-18)17-24(27)25-12-13-30-23-7-5-4-6-22(23)29-3/h4-11,14-15H,12-13,16-17H2,1-3H3,(H,25,27)/p+1. The molecule has 3 rings (SSSR count). The number of carbonyl (C=O) groups excluding carboxylic acids is 1. The molecule has 0 bridgehead atoms. The van der Waals surface area contributed by atoms with Gasteiger partial charge in [0.15, 0.2) is 18.0 Å². The molecule has 30 heavy (non-hydrogen) atoms. The van der Waals surface area contributed by atoms with Gasteiger partial charge in [0, 0.05) is 5.56 Å². The Morgan fingerprint density at radius 1 is 0.933 bits per heavy atom. The van der Waals surface area contributed by atoms with Gasteiger partial charge < -0.3 is 24.4 Å². The number of para-hydroxylation sites is 2. The van der Waals surface area contributed by atoms with Gasteiger partial charge in [-0.25, -0.2) is 0 Å². The normalized spacial score (nSPS) is 11.7. The third-order valence-electron chi connectivity index (χ3n) is 4.83. The fourth-order valence-electron chi connectivity index (χ4n) is 3.35. The minimum atomic E-state index is 0.00153. The third-order valence-corrected chi connectivity index (χ3v) is 4.83. The molecule has 0 spiro atoms. The molecule has 0 aliphatic carbocycles. The molecular weight excluding hydrogens is 380 g/mol. The lowest BCUT2D eigenvalue weighted by molar-refractivity contribution is -0.885. The molecular formula is C24H29N2O4+. The number of hydrogen-bond donors (Lipinski definition) is 2. The van der Waals surface area contributed by atoms with Gasteiger partial charge in [-0.3, -0.25) is 4.79 Å². The minimum absolute atomic E-state index is 0.00153. The van der Waals surface area contributed by atoms with Crippen LogP contribution in [0.15, 0.2) is 60.7 Å². The van der Waals surface area contributed by atoms with Crippen LogP contribution in [0.3, 0.4) is 0 Å². The summed E-state index contributed by atoms with van der Waals surface area (Å²) in [6, 6.07) is 19.9. The summed E-state index contributed by atoms with van der Waals surface area (Å²) in [5, 5.41) is 5.22. The average Bonchev–Trinajstić information content (AvgIpc) is 2.76. The predicted molar refractivity (Wildman–Crippen MR) is 117 cm³/mol. The van der Waals surface area contributed by atoms with Crippen LogP contribution in [0.25, 0.3) is 10.8 Å². The number of hydrogen-bond acceptors (Lipinski definition) is 4. The number of carbonyl (C=O) groups is 1. The van der Waals surface area contributed by atoms with E-state index in [1.54, 1.807) is 14.2 Å². The van der Waals surface area contributed by atoms with Crippen molar-refractivity contribution in [3.63, 3.8) is 0 Å². The third kappa shape index (κ3) is 5.87. The Kier molecular flexibility index (Phi) is 7.51. The molecule has 6 nitrogen and oxygen atoms in total. The Bertz CT molecular complexity index is 990. The van der Waals surface area contributed by atoms with Crippen LogP contribution in [0, 0.1) is 0 Å². The highest BCUT2D eigenvalue weighted by atomic mass is 16.5. The monoisotopic (exact) mass is 409 g/mol. The zero-order valence-corrected chi connectivity index (χ0v) is 17.7. The number of ether oxygens (including phenoxy) is 3. The second-order valence-corrected chi connectivity index (χ2v) is 7.21. The number of rotatable bonds is 10. The van der Waals surface area contributed by atoms with E-state index < -0.39 is 0 Å². The number of benzene rings is 3. The van der Waals surface area contributed by atoms with E-state index in [9.17, 15) is 4.79 Å². The van der Waals surface area contributed by atoms with E-state index in [-0.39, 0.29) is 5.91 Å². The van der Waals surface area contributed by atoms with Crippen molar-refractivity contribution in [2.24, 2.45) is 0 Å². The molecule has 0 saturated heterocycles. The Labute approximate surface area is 177 Å². The summed E-state index contributed by atoms with van der Waals surface area (Å²) in [5.74, 6) is 2.21. The number of quaternary nitrogens is 1. The van der Waals surface area contributed by atoms with Gasteiger partial charge in [0.2, 0.25) is 0 Å². The largest absolute Gasteiger partial charge is 0.497 e. The van der Waals surface area contributed by atoms with Crippen LogP contribution in [-0.4, -0.2) is 46.9 Å². The lowest BCUT2D eigenvalue weighted by atomic mass is 10.1. The second-order valence-electron chi connectivity index (χ2n) is 7.21. The lowest BCUT2D eigenvalue weighted by Crippen LogP contribution is -3.08. The zero-order valence-electron chi connectivity index (χ0n) is 17.7. The maximum absolute atomic E-state index is 12.2. The highest BCUT2D eigenvalue weighted by Gasteiger charge is 2.11. The van der Waals surface area contributed by atoms with Crippen LogP contribution in [-0.2, 0) is 11.3 Å². The van der Waals surface area contributed by atoms with Crippen LogP contribution >= 0.6 is 0 Å².